The van der Waals surface area contributed by atoms with Crippen molar-refractivity contribution in [2.45, 2.75) is 25.4 Å². The lowest BCUT2D eigenvalue weighted by molar-refractivity contribution is -0.133. The molecule has 2 fully saturated rings. The summed E-state index contributed by atoms with van der Waals surface area (Å²) in [7, 11) is 0. The molecule has 0 radical (unpaired) electrons. The number of ether oxygens (including phenoxy) is 1. The predicted molar refractivity (Wildman–Crippen MR) is 149 cm³/mol. The molecule has 3 N–H and O–H groups in total. The number of nitrogens with zero attached hydrogens (tertiary/aromatic N) is 6. The number of amides is 1. The van der Waals surface area contributed by atoms with E-state index in [0.717, 1.165) is 19.4 Å². The van der Waals surface area contributed by atoms with Crippen molar-refractivity contribution >= 4 is 22.9 Å². The number of nitrogens with one attached hydrogen (secondary N) is 1. The quantitative estimate of drug-likeness (QED) is 0.271. The Morgan fingerprint density at radius 2 is 1.88 bits per heavy atom. The van der Waals surface area contributed by atoms with E-state index < -0.39 is 0 Å². The van der Waals surface area contributed by atoms with Gasteiger partial charge in [-0.2, -0.15) is 5.26 Å². The number of likely N-dealkylation sites (tertiary alicyclic amines) is 1. The summed E-state index contributed by atoms with van der Waals surface area (Å²) in [6, 6.07) is 18.7. The van der Waals surface area contributed by atoms with Crippen molar-refractivity contribution in [1.29, 1.82) is 5.26 Å². The highest BCUT2D eigenvalue weighted by molar-refractivity contribution is 5.97. The summed E-state index contributed by atoms with van der Waals surface area (Å²) < 4.78 is 8.96. The largest absolute Gasteiger partial charge is 0.457 e. The summed E-state index contributed by atoms with van der Waals surface area (Å²) in [5.41, 5.74) is 7.54. The fourth-order valence-corrected chi connectivity index (χ4v) is 5.28. The molecule has 6 rings (SSSR count). The Hall–Kier alpha value is -4.95. The first kappa shape index (κ1) is 25.3. The summed E-state index contributed by atoms with van der Waals surface area (Å²) in [4.78, 5) is 36.7. The minimum Gasteiger partial charge on any atom is -0.457 e. The Kier molecular flexibility index (Phi) is 6.76. The Balaban J connectivity index is 1.22. The molecule has 2 aliphatic heterocycles. The van der Waals surface area contributed by atoms with Crippen LogP contribution in [-0.4, -0.2) is 55.6 Å². The molecule has 0 spiro atoms. The molecule has 1 atom stereocenters. The second kappa shape index (κ2) is 10.7. The zero-order valence-corrected chi connectivity index (χ0v) is 21.7. The average Bonchev–Trinajstić information content (AvgIpc) is 3.56. The van der Waals surface area contributed by atoms with Crippen molar-refractivity contribution in [2.24, 2.45) is 5.92 Å². The zero-order valence-electron chi connectivity index (χ0n) is 21.7. The van der Waals surface area contributed by atoms with Crippen LogP contribution in [0.2, 0.25) is 0 Å². The summed E-state index contributed by atoms with van der Waals surface area (Å²) in [5.74, 6) is 1.29. The molecule has 202 valence electrons. The number of carbonyl (C=O) groups excluding carboxylic acids is 1. The normalized spacial score (nSPS) is 17.5. The molecule has 2 saturated heterocycles. The van der Waals surface area contributed by atoms with Gasteiger partial charge in [-0.1, -0.05) is 18.2 Å². The number of imidazole rings is 1. The number of benzene rings is 2. The van der Waals surface area contributed by atoms with Crippen LogP contribution in [0.4, 0.5) is 5.82 Å². The molecule has 0 bridgehead atoms. The van der Waals surface area contributed by atoms with Gasteiger partial charge in [0, 0.05) is 31.6 Å². The van der Waals surface area contributed by atoms with Gasteiger partial charge in [0.1, 0.15) is 35.0 Å². The highest BCUT2D eigenvalue weighted by Gasteiger charge is 2.34. The van der Waals surface area contributed by atoms with Crippen LogP contribution < -0.4 is 21.5 Å². The second-order valence-corrected chi connectivity index (χ2v) is 10.0. The maximum absolute atomic E-state index is 13.7. The molecular weight excluding hydrogens is 508 g/mol. The molecule has 2 aliphatic rings. The molecule has 0 aliphatic carbocycles. The summed E-state index contributed by atoms with van der Waals surface area (Å²) in [5, 5.41) is 12.8. The molecule has 0 saturated carbocycles. The van der Waals surface area contributed by atoms with Crippen LogP contribution >= 0.6 is 0 Å². The van der Waals surface area contributed by atoms with Crippen molar-refractivity contribution in [1.82, 2.24) is 29.3 Å². The Morgan fingerprint density at radius 1 is 1.12 bits per heavy atom. The lowest BCUT2D eigenvalue weighted by atomic mass is 9.98. The van der Waals surface area contributed by atoms with E-state index in [1.54, 1.807) is 39.8 Å². The Morgan fingerprint density at radius 3 is 2.58 bits per heavy atom. The van der Waals surface area contributed by atoms with Gasteiger partial charge in [0.25, 0.3) is 5.91 Å². The molecule has 1 unspecified atom stereocenters. The van der Waals surface area contributed by atoms with Gasteiger partial charge in [-0.3, -0.25) is 13.9 Å². The van der Waals surface area contributed by atoms with Crippen molar-refractivity contribution in [3.63, 3.8) is 0 Å². The molecule has 2 aromatic carbocycles. The van der Waals surface area contributed by atoms with Gasteiger partial charge >= 0.3 is 5.69 Å². The topological polar surface area (TPSA) is 144 Å². The number of nitrogens with two attached hydrogens (primary N) is 1. The van der Waals surface area contributed by atoms with Gasteiger partial charge in [-0.05, 0) is 61.9 Å². The molecule has 11 heteroatoms. The number of nitriles is 1. The van der Waals surface area contributed by atoms with Gasteiger partial charge in [-0.25, -0.2) is 14.8 Å². The molecule has 2 aromatic heterocycles. The number of carbonyl (C=O) groups is 1. The third-order valence-corrected chi connectivity index (χ3v) is 7.31. The van der Waals surface area contributed by atoms with Crippen molar-refractivity contribution in [3.05, 3.63) is 83.1 Å². The molecule has 40 heavy (non-hydrogen) atoms. The fraction of sp³-hybridized carbons (Fsp3) is 0.276. The number of nitrogen functional groups attached to an aromatic ring is 1. The summed E-state index contributed by atoms with van der Waals surface area (Å²) in [6.07, 6.45) is 5.02. The van der Waals surface area contributed by atoms with Gasteiger partial charge in [0.15, 0.2) is 11.5 Å². The standard InChI is InChI=1S/C29H28N8O3/c30-14-20(13-21-5-4-12-32-21)28(38)35-15-19(16-35)17-36-27-25(26(31)33-18-34-27)37(29(36)39)22-8-10-24(11-9-22)40-23-6-2-1-3-7-23/h1-3,6-11,13,18-19,21,32H,4-5,12,15-17H2,(H2,31,33,34). The third-order valence-electron chi connectivity index (χ3n) is 7.31. The van der Waals surface area contributed by atoms with Crippen LogP contribution in [0, 0.1) is 17.2 Å². The van der Waals surface area contributed by atoms with E-state index in [9.17, 15) is 14.9 Å². The van der Waals surface area contributed by atoms with E-state index in [2.05, 4.69) is 21.4 Å². The fourth-order valence-electron chi connectivity index (χ4n) is 5.28. The van der Waals surface area contributed by atoms with Crippen LogP contribution in [0.15, 0.2) is 77.4 Å². The van der Waals surface area contributed by atoms with E-state index in [0.29, 0.717) is 48.0 Å². The number of rotatable bonds is 7. The molecule has 4 heterocycles. The van der Waals surface area contributed by atoms with Crippen LogP contribution in [0.25, 0.3) is 16.9 Å². The highest BCUT2D eigenvalue weighted by Crippen LogP contribution is 2.27. The number of para-hydroxylation sites is 1. The second-order valence-electron chi connectivity index (χ2n) is 10.0. The number of anilines is 1. The minimum atomic E-state index is -0.298. The molecule has 1 amide bonds. The lowest BCUT2D eigenvalue weighted by Gasteiger charge is -2.39. The minimum absolute atomic E-state index is 0.0306. The van der Waals surface area contributed by atoms with E-state index in [4.69, 9.17) is 10.5 Å². The molecule has 11 nitrogen and oxygen atoms in total. The van der Waals surface area contributed by atoms with Crippen LogP contribution in [0.5, 0.6) is 11.5 Å². The maximum Gasteiger partial charge on any atom is 0.335 e. The number of hydrogen-bond donors (Lipinski definition) is 2. The maximum atomic E-state index is 13.7. The van der Waals surface area contributed by atoms with Crippen molar-refractivity contribution < 1.29 is 9.53 Å². The van der Waals surface area contributed by atoms with Crippen molar-refractivity contribution in [2.75, 3.05) is 25.4 Å². The third kappa shape index (κ3) is 4.81. The Labute approximate surface area is 230 Å². The first-order chi connectivity index (χ1) is 19.5. The molecular formula is C29H28N8O3. The zero-order chi connectivity index (χ0) is 27.6. The SMILES string of the molecule is N#CC(=CC1CCCN1)C(=O)N1CC(Cn2c(=O)n(-c3ccc(Oc4ccccc4)cc3)c3c(N)ncnc32)C1. The van der Waals surface area contributed by atoms with E-state index >= 15 is 0 Å². The Bertz CT molecular complexity index is 1670. The van der Waals surface area contributed by atoms with Gasteiger partial charge in [0.05, 0.1) is 5.69 Å². The van der Waals surface area contributed by atoms with Crippen molar-refractivity contribution in [3.8, 4) is 23.3 Å². The van der Waals surface area contributed by atoms with Crippen LogP contribution in [-0.2, 0) is 11.3 Å². The summed E-state index contributed by atoms with van der Waals surface area (Å²) in [6.45, 7) is 2.14. The smallest absolute Gasteiger partial charge is 0.335 e. The van der Waals surface area contributed by atoms with Gasteiger partial charge in [0.2, 0.25) is 0 Å². The van der Waals surface area contributed by atoms with Gasteiger partial charge < -0.3 is 20.7 Å². The van der Waals surface area contributed by atoms with E-state index in [1.807, 2.05) is 30.3 Å². The first-order valence-corrected chi connectivity index (χ1v) is 13.2. The number of fused-ring (bicyclic) bond motifs is 1. The van der Waals surface area contributed by atoms with Crippen LogP contribution in [0.1, 0.15) is 12.8 Å². The number of hydrogen-bond acceptors (Lipinski definition) is 8. The van der Waals surface area contributed by atoms with E-state index in [1.165, 1.54) is 10.9 Å². The summed E-state index contributed by atoms with van der Waals surface area (Å²) >= 11 is 0. The predicted octanol–water partition coefficient (Wildman–Crippen LogP) is 2.62. The van der Waals surface area contributed by atoms with Gasteiger partial charge in [-0.15, -0.1) is 0 Å². The lowest BCUT2D eigenvalue weighted by Crippen LogP contribution is -2.52. The van der Waals surface area contributed by atoms with Crippen LogP contribution in [0.3, 0.4) is 0 Å². The average molecular weight is 537 g/mol. The highest BCUT2D eigenvalue weighted by atomic mass is 16.5. The molecule has 4 aromatic rings. The first-order valence-electron chi connectivity index (χ1n) is 13.2. The monoisotopic (exact) mass is 536 g/mol. The van der Waals surface area contributed by atoms with E-state index in [-0.39, 0.29) is 34.9 Å². The number of aromatic nitrogens is 4.